The van der Waals surface area contributed by atoms with Crippen LogP contribution in [0.25, 0.3) is 0 Å². The van der Waals surface area contributed by atoms with Gasteiger partial charge >= 0.3 is 6.03 Å². The highest BCUT2D eigenvalue weighted by molar-refractivity contribution is 5.75. The molecule has 0 unspecified atom stereocenters. The van der Waals surface area contributed by atoms with E-state index >= 15 is 0 Å². The van der Waals surface area contributed by atoms with Gasteiger partial charge in [0, 0.05) is 57.4 Å². The summed E-state index contributed by atoms with van der Waals surface area (Å²) in [6, 6.07) is 2.07. The number of ether oxygens (including phenoxy) is 1. The molecule has 2 heterocycles. The lowest BCUT2D eigenvalue weighted by Crippen LogP contribution is -2.69. The highest BCUT2D eigenvalue weighted by atomic mass is 16.5. The topological polar surface area (TPSA) is 70.8 Å². The van der Waals surface area contributed by atoms with Crippen molar-refractivity contribution in [2.45, 2.75) is 45.4 Å². The fraction of sp³-hybridized carbons (Fsp3) is 0.765. The van der Waals surface area contributed by atoms with Crippen molar-refractivity contribution in [3.63, 3.8) is 0 Å². The van der Waals surface area contributed by atoms with E-state index in [9.17, 15) is 4.79 Å². The maximum absolute atomic E-state index is 12.5. The molecule has 0 aromatic carbocycles. The van der Waals surface area contributed by atoms with Gasteiger partial charge in [0.2, 0.25) is 0 Å². The van der Waals surface area contributed by atoms with Crippen LogP contribution in [0, 0.1) is 5.41 Å². The van der Waals surface area contributed by atoms with E-state index in [0.29, 0.717) is 0 Å². The summed E-state index contributed by atoms with van der Waals surface area (Å²) >= 11 is 0. The van der Waals surface area contributed by atoms with E-state index < -0.39 is 0 Å². The third-order valence-electron chi connectivity index (χ3n) is 6.11. The molecule has 24 heavy (non-hydrogen) atoms. The molecule has 2 aliphatic rings. The first-order valence-electron chi connectivity index (χ1n) is 8.58. The predicted molar refractivity (Wildman–Crippen MR) is 89.5 cm³/mol. The zero-order valence-electron chi connectivity index (χ0n) is 15.0. The van der Waals surface area contributed by atoms with Crippen LogP contribution in [0.3, 0.4) is 0 Å². The van der Waals surface area contributed by atoms with Crippen LogP contribution >= 0.6 is 0 Å². The van der Waals surface area contributed by atoms with E-state index in [4.69, 9.17) is 9.26 Å². The minimum absolute atomic E-state index is 0.0346. The Labute approximate surface area is 143 Å². The number of hydrogen-bond donors (Lipinski definition) is 1. The van der Waals surface area contributed by atoms with Gasteiger partial charge in [0.25, 0.3) is 0 Å². The van der Waals surface area contributed by atoms with Gasteiger partial charge in [0.05, 0.1) is 11.3 Å². The number of aromatic nitrogens is 1. The molecule has 7 nitrogen and oxygen atoms in total. The van der Waals surface area contributed by atoms with Crippen molar-refractivity contribution in [2.24, 2.45) is 5.41 Å². The molecule has 0 bridgehead atoms. The molecule has 0 spiro atoms. The molecular formula is C17H28N4O3. The lowest BCUT2D eigenvalue weighted by Gasteiger charge is -2.59. The van der Waals surface area contributed by atoms with Gasteiger partial charge in [-0.1, -0.05) is 19.0 Å². The second-order valence-electron chi connectivity index (χ2n) is 7.62. The average molecular weight is 336 g/mol. The quantitative estimate of drug-likeness (QED) is 0.906. The van der Waals surface area contributed by atoms with Crippen molar-refractivity contribution in [3.05, 3.63) is 18.0 Å². The van der Waals surface area contributed by atoms with E-state index in [0.717, 1.165) is 44.8 Å². The van der Waals surface area contributed by atoms with Crippen LogP contribution in [0.1, 0.15) is 32.9 Å². The molecule has 2 fully saturated rings. The van der Waals surface area contributed by atoms with Crippen LogP contribution in [0.4, 0.5) is 4.79 Å². The normalized spacial score (nSPS) is 30.0. The number of nitrogens with zero attached hydrogens (tertiary/aromatic N) is 3. The molecule has 1 aliphatic carbocycles. The summed E-state index contributed by atoms with van der Waals surface area (Å²) in [4.78, 5) is 16.7. The van der Waals surface area contributed by atoms with Crippen molar-refractivity contribution in [1.82, 2.24) is 20.3 Å². The largest absolute Gasteiger partial charge is 0.378 e. The van der Waals surface area contributed by atoms with E-state index in [2.05, 4.69) is 36.1 Å². The second-order valence-corrected chi connectivity index (χ2v) is 7.62. The summed E-state index contributed by atoms with van der Waals surface area (Å²) in [5.41, 5.74) is 0.705. The molecule has 1 N–H and O–H groups in total. The summed E-state index contributed by atoms with van der Waals surface area (Å²) in [6.45, 7) is 10.4. The number of piperazine rings is 1. The van der Waals surface area contributed by atoms with E-state index in [1.54, 1.807) is 13.4 Å². The number of rotatable bonds is 4. The van der Waals surface area contributed by atoms with Gasteiger partial charge in [-0.15, -0.1) is 0 Å². The number of nitrogens with one attached hydrogen (secondary N) is 1. The molecule has 1 saturated carbocycles. The number of methoxy groups -OCH3 is 1. The minimum Gasteiger partial charge on any atom is -0.378 e. The lowest BCUT2D eigenvalue weighted by molar-refractivity contribution is -0.177. The summed E-state index contributed by atoms with van der Waals surface area (Å²) in [5, 5.41) is 7.13. The second kappa shape index (κ2) is 6.37. The van der Waals surface area contributed by atoms with Crippen LogP contribution in [0.5, 0.6) is 0 Å². The number of amides is 2. The van der Waals surface area contributed by atoms with Crippen molar-refractivity contribution < 1.29 is 14.1 Å². The minimum atomic E-state index is -0.165. The summed E-state index contributed by atoms with van der Waals surface area (Å²) < 4.78 is 10.5. The Morgan fingerprint density at radius 3 is 2.62 bits per heavy atom. The number of carbonyl (C=O) groups is 1. The Morgan fingerprint density at radius 1 is 1.38 bits per heavy atom. The monoisotopic (exact) mass is 336 g/mol. The van der Waals surface area contributed by atoms with Gasteiger partial charge in [-0.2, -0.15) is 0 Å². The van der Waals surface area contributed by atoms with Gasteiger partial charge in [-0.3, -0.25) is 4.90 Å². The summed E-state index contributed by atoms with van der Waals surface area (Å²) in [7, 11) is 1.74. The highest BCUT2D eigenvalue weighted by Gasteiger charge is 2.58. The Balaban J connectivity index is 1.46. The zero-order chi connectivity index (χ0) is 17.4. The third-order valence-corrected chi connectivity index (χ3v) is 6.11. The van der Waals surface area contributed by atoms with Gasteiger partial charge in [-0.05, 0) is 13.3 Å². The Kier molecular flexibility index (Phi) is 4.57. The number of hydrogen-bond acceptors (Lipinski definition) is 5. The SMILES string of the molecule is CO[C@@]1(C)C[C@@H](NC(=O)N2CCN(Cc3ccon3)CC2)C1(C)C. The number of urea groups is 1. The molecule has 1 aromatic rings. The Morgan fingerprint density at radius 2 is 2.08 bits per heavy atom. The van der Waals surface area contributed by atoms with Crippen molar-refractivity contribution in [3.8, 4) is 0 Å². The smallest absolute Gasteiger partial charge is 0.317 e. The predicted octanol–water partition coefficient (Wildman–Crippen LogP) is 1.71. The first kappa shape index (κ1) is 17.2. The summed E-state index contributed by atoms with van der Waals surface area (Å²) in [5.74, 6) is 0. The molecule has 7 heteroatoms. The van der Waals surface area contributed by atoms with Gasteiger partial charge in [-0.25, -0.2) is 4.79 Å². The Bertz CT molecular complexity index is 566. The van der Waals surface area contributed by atoms with Crippen molar-refractivity contribution in [2.75, 3.05) is 33.3 Å². The van der Waals surface area contributed by atoms with Gasteiger partial charge in [0.15, 0.2) is 0 Å². The molecule has 2 atom stereocenters. The van der Waals surface area contributed by atoms with E-state index in [1.165, 1.54) is 0 Å². The van der Waals surface area contributed by atoms with Crippen LogP contribution in [-0.2, 0) is 11.3 Å². The van der Waals surface area contributed by atoms with Crippen molar-refractivity contribution in [1.29, 1.82) is 0 Å². The maximum atomic E-state index is 12.5. The highest BCUT2D eigenvalue weighted by Crippen LogP contribution is 2.51. The molecular weight excluding hydrogens is 308 g/mol. The molecule has 1 aliphatic heterocycles. The van der Waals surface area contributed by atoms with Crippen LogP contribution in [-0.4, -0.2) is 65.9 Å². The zero-order valence-corrected chi connectivity index (χ0v) is 15.0. The average Bonchev–Trinajstić information content (AvgIpc) is 3.07. The molecule has 1 saturated heterocycles. The Hall–Kier alpha value is -1.60. The fourth-order valence-corrected chi connectivity index (χ4v) is 3.62. The standard InChI is InChI=1S/C17H28N4O3/c1-16(2)14(11-17(16,3)23-4)18-15(22)21-8-6-20(7-9-21)12-13-5-10-24-19-13/h5,10,14H,6-9,11-12H2,1-4H3,(H,18,22)/t14-,17+/m1/s1. The molecule has 3 rings (SSSR count). The van der Waals surface area contributed by atoms with Gasteiger partial charge in [0.1, 0.15) is 6.26 Å². The van der Waals surface area contributed by atoms with E-state index in [-0.39, 0.29) is 23.1 Å². The van der Waals surface area contributed by atoms with Crippen LogP contribution in [0.2, 0.25) is 0 Å². The summed E-state index contributed by atoms with van der Waals surface area (Å²) in [6.07, 6.45) is 2.45. The fourth-order valence-electron chi connectivity index (χ4n) is 3.62. The lowest BCUT2D eigenvalue weighted by atomic mass is 9.56. The molecule has 134 valence electrons. The maximum Gasteiger partial charge on any atom is 0.317 e. The molecule has 0 radical (unpaired) electrons. The first-order valence-corrected chi connectivity index (χ1v) is 8.58. The van der Waals surface area contributed by atoms with Gasteiger partial charge < -0.3 is 19.5 Å². The van der Waals surface area contributed by atoms with E-state index in [1.807, 2.05) is 11.0 Å². The van der Waals surface area contributed by atoms with Crippen molar-refractivity contribution >= 4 is 6.03 Å². The van der Waals surface area contributed by atoms with Crippen LogP contribution in [0.15, 0.2) is 16.9 Å². The first-order chi connectivity index (χ1) is 11.4. The number of carbonyl (C=O) groups excluding carboxylic acids is 1. The molecule has 1 aromatic heterocycles. The molecule has 2 amide bonds. The third kappa shape index (κ3) is 3.02. The van der Waals surface area contributed by atoms with Crippen LogP contribution < -0.4 is 5.32 Å².